The topological polar surface area (TPSA) is 4.93 Å². The van der Waals surface area contributed by atoms with E-state index < -0.39 is 0 Å². The van der Waals surface area contributed by atoms with Gasteiger partial charge in [-0.15, -0.1) is 0 Å². The van der Waals surface area contributed by atoms with Crippen molar-refractivity contribution in [1.82, 2.24) is 4.57 Å². The second-order valence-corrected chi connectivity index (χ2v) is 5.32. The summed E-state index contributed by atoms with van der Waals surface area (Å²) in [4.78, 5) is 0. The summed E-state index contributed by atoms with van der Waals surface area (Å²) in [6.07, 6.45) is 0. The van der Waals surface area contributed by atoms with Gasteiger partial charge in [-0.2, -0.15) is 0 Å². The molecule has 21 heavy (non-hydrogen) atoms. The Hall–Kier alpha value is -2.61. The maximum absolute atomic E-state index is 14.4. The molecular formula is C19H14FN. The molecule has 3 aromatic carbocycles. The molecule has 0 aliphatic carbocycles. The zero-order chi connectivity index (χ0) is 14.4. The smallest absolute Gasteiger partial charge is 0.147 e. The van der Waals surface area contributed by atoms with Crippen molar-refractivity contribution in [2.75, 3.05) is 0 Å². The largest absolute Gasteiger partial charge is 0.306 e. The quantitative estimate of drug-likeness (QED) is 0.448. The van der Waals surface area contributed by atoms with Crippen molar-refractivity contribution in [2.24, 2.45) is 0 Å². The third-order valence-corrected chi connectivity index (χ3v) is 3.92. The van der Waals surface area contributed by atoms with Crippen molar-refractivity contribution in [1.29, 1.82) is 0 Å². The van der Waals surface area contributed by atoms with E-state index in [1.165, 1.54) is 0 Å². The van der Waals surface area contributed by atoms with Crippen molar-refractivity contribution < 1.29 is 4.39 Å². The average molecular weight is 275 g/mol. The first-order chi connectivity index (χ1) is 10.3. The van der Waals surface area contributed by atoms with E-state index in [2.05, 4.69) is 12.1 Å². The fourth-order valence-electron chi connectivity index (χ4n) is 2.98. The predicted octanol–water partition coefficient (Wildman–Crippen LogP) is 5.23. The summed E-state index contributed by atoms with van der Waals surface area (Å²) in [5, 5.41) is 2.29. The molecule has 0 radical (unpaired) electrons. The van der Waals surface area contributed by atoms with Gasteiger partial charge in [0.1, 0.15) is 5.82 Å². The second kappa shape index (κ2) is 4.45. The molecule has 1 aromatic heterocycles. The van der Waals surface area contributed by atoms with Crippen LogP contribution in [-0.2, 0) is 0 Å². The number of fused-ring (bicyclic) bond motifs is 3. The molecule has 0 amide bonds. The summed E-state index contributed by atoms with van der Waals surface area (Å²) in [5.74, 6) is -0.193. The van der Waals surface area contributed by atoms with Gasteiger partial charge in [0.05, 0.1) is 16.7 Å². The predicted molar refractivity (Wildman–Crippen MR) is 85.5 cm³/mol. The number of aromatic nitrogens is 1. The molecule has 1 heterocycles. The lowest BCUT2D eigenvalue weighted by Crippen LogP contribution is -1.97. The van der Waals surface area contributed by atoms with Gasteiger partial charge in [-0.3, -0.25) is 0 Å². The van der Waals surface area contributed by atoms with Crippen LogP contribution in [-0.4, -0.2) is 4.57 Å². The SMILES string of the molecule is Cc1ccc(-n2c3ccccc3c3ccccc32)c(F)c1. The number of halogens is 1. The van der Waals surface area contributed by atoms with Crippen molar-refractivity contribution >= 4 is 21.8 Å². The van der Waals surface area contributed by atoms with E-state index in [4.69, 9.17) is 0 Å². The minimum atomic E-state index is -0.193. The molecule has 0 bridgehead atoms. The average Bonchev–Trinajstić information content (AvgIpc) is 2.82. The zero-order valence-corrected chi connectivity index (χ0v) is 11.7. The molecule has 0 atom stereocenters. The van der Waals surface area contributed by atoms with Crippen molar-refractivity contribution in [2.45, 2.75) is 6.92 Å². The molecular weight excluding hydrogens is 261 g/mol. The van der Waals surface area contributed by atoms with Gasteiger partial charge in [-0.05, 0) is 36.8 Å². The van der Waals surface area contributed by atoms with E-state index in [1.54, 1.807) is 6.07 Å². The minimum Gasteiger partial charge on any atom is -0.306 e. The van der Waals surface area contributed by atoms with E-state index in [-0.39, 0.29) is 5.82 Å². The number of hydrogen-bond acceptors (Lipinski definition) is 0. The first-order valence-electron chi connectivity index (χ1n) is 7.00. The van der Waals surface area contributed by atoms with E-state index in [0.717, 1.165) is 27.4 Å². The molecule has 0 unspecified atom stereocenters. The standard InChI is InChI=1S/C19H14FN/c1-13-10-11-19(16(20)12-13)21-17-8-4-2-6-14(17)15-7-3-5-9-18(15)21/h2-12H,1H3. The molecule has 0 N–H and O–H groups in total. The summed E-state index contributed by atoms with van der Waals surface area (Å²) in [6.45, 7) is 1.90. The first-order valence-corrected chi connectivity index (χ1v) is 7.00. The summed E-state index contributed by atoms with van der Waals surface area (Å²) in [7, 11) is 0. The van der Waals surface area contributed by atoms with Crippen LogP contribution in [0.5, 0.6) is 0 Å². The Morgan fingerprint density at radius 3 is 1.90 bits per heavy atom. The van der Waals surface area contributed by atoms with Gasteiger partial charge >= 0.3 is 0 Å². The van der Waals surface area contributed by atoms with Crippen molar-refractivity contribution in [3.05, 3.63) is 78.1 Å². The molecule has 0 fully saturated rings. The number of aryl methyl sites for hydroxylation is 1. The summed E-state index contributed by atoms with van der Waals surface area (Å²) < 4.78 is 16.4. The molecule has 0 aliphatic rings. The van der Waals surface area contributed by atoms with E-state index in [0.29, 0.717) is 5.69 Å². The summed E-state index contributed by atoms with van der Waals surface area (Å²) >= 11 is 0. The highest BCUT2D eigenvalue weighted by molar-refractivity contribution is 6.09. The van der Waals surface area contributed by atoms with Gasteiger partial charge in [0.15, 0.2) is 0 Å². The first kappa shape index (κ1) is 12.2. The van der Waals surface area contributed by atoms with Crippen LogP contribution < -0.4 is 0 Å². The Kier molecular flexibility index (Phi) is 2.58. The molecule has 2 heteroatoms. The normalized spacial score (nSPS) is 11.3. The van der Waals surface area contributed by atoms with Crippen LogP contribution in [0.1, 0.15) is 5.56 Å². The Morgan fingerprint density at radius 1 is 0.762 bits per heavy atom. The highest BCUT2D eigenvalue weighted by atomic mass is 19.1. The van der Waals surface area contributed by atoms with Crippen LogP contribution >= 0.6 is 0 Å². The molecule has 1 nitrogen and oxygen atoms in total. The van der Waals surface area contributed by atoms with Gasteiger partial charge in [0.25, 0.3) is 0 Å². The van der Waals surface area contributed by atoms with Gasteiger partial charge in [-0.1, -0.05) is 42.5 Å². The van der Waals surface area contributed by atoms with Crippen LogP contribution in [0.25, 0.3) is 27.5 Å². The van der Waals surface area contributed by atoms with Crippen LogP contribution in [0.4, 0.5) is 4.39 Å². The minimum absolute atomic E-state index is 0.193. The molecule has 102 valence electrons. The number of benzene rings is 3. The Morgan fingerprint density at radius 2 is 1.33 bits per heavy atom. The van der Waals surface area contributed by atoms with E-state index >= 15 is 0 Å². The van der Waals surface area contributed by atoms with Gasteiger partial charge in [0.2, 0.25) is 0 Å². The van der Waals surface area contributed by atoms with Crippen LogP contribution in [0.2, 0.25) is 0 Å². The molecule has 0 aliphatic heterocycles. The third-order valence-electron chi connectivity index (χ3n) is 3.92. The van der Waals surface area contributed by atoms with E-state index in [9.17, 15) is 4.39 Å². The highest BCUT2D eigenvalue weighted by Gasteiger charge is 2.13. The van der Waals surface area contributed by atoms with Crippen LogP contribution in [0, 0.1) is 12.7 Å². The van der Waals surface area contributed by atoms with Crippen LogP contribution in [0.3, 0.4) is 0 Å². The lowest BCUT2D eigenvalue weighted by atomic mass is 10.2. The Balaban J connectivity index is 2.20. The maximum atomic E-state index is 14.4. The van der Waals surface area contributed by atoms with Gasteiger partial charge < -0.3 is 4.57 Å². The van der Waals surface area contributed by atoms with Gasteiger partial charge in [0, 0.05) is 10.8 Å². The molecule has 4 aromatic rings. The zero-order valence-electron chi connectivity index (χ0n) is 11.7. The second-order valence-electron chi connectivity index (χ2n) is 5.32. The van der Waals surface area contributed by atoms with Crippen molar-refractivity contribution in [3.8, 4) is 5.69 Å². The number of rotatable bonds is 1. The molecule has 4 rings (SSSR count). The van der Waals surface area contributed by atoms with Crippen LogP contribution in [0.15, 0.2) is 66.7 Å². The fraction of sp³-hybridized carbons (Fsp3) is 0.0526. The molecule has 0 saturated heterocycles. The monoisotopic (exact) mass is 275 g/mol. The molecule has 0 saturated carbocycles. The van der Waals surface area contributed by atoms with E-state index in [1.807, 2.05) is 60.0 Å². The van der Waals surface area contributed by atoms with Gasteiger partial charge in [-0.25, -0.2) is 4.39 Å². The lowest BCUT2D eigenvalue weighted by Gasteiger charge is -2.09. The number of nitrogens with zero attached hydrogens (tertiary/aromatic N) is 1. The molecule has 0 spiro atoms. The summed E-state index contributed by atoms with van der Waals surface area (Å²) in [6, 6.07) is 21.6. The Bertz CT molecular complexity index is 913. The van der Waals surface area contributed by atoms with Crippen molar-refractivity contribution in [3.63, 3.8) is 0 Å². The third kappa shape index (κ3) is 1.76. The number of hydrogen-bond donors (Lipinski definition) is 0. The lowest BCUT2D eigenvalue weighted by molar-refractivity contribution is 0.620. The highest BCUT2D eigenvalue weighted by Crippen LogP contribution is 2.32. The number of para-hydroxylation sites is 2. The maximum Gasteiger partial charge on any atom is 0.147 e. The summed E-state index contributed by atoms with van der Waals surface area (Å²) in [5.41, 5.74) is 3.58. The Labute approximate surface area is 122 Å². The fourth-order valence-corrected chi connectivity index (χ4v) is 2.98.